The third kappa shape index (κ3) is 2.44. The molecule has 0 aliphatic heterocycles. The number of nitrogens with zero attached hydrogens (tertiary/aromatic N) is 4. The smallest absolute Gasteiger partial charge is 0.340 e. The minimum absolute atomic E-state index is 0.463. The molecule has 0 saturated carbocycles. The van der Waals surface area contributed by atoms with E-state index in [1.54, 1.807) is 18.2 Å². The zero-order chi connectivity index (χ0) is 13.9. The molecule has 96 valence electrons. The normalized spacial score (nSPS) is 10.2. The lowest BCUT2D eigenvalue weighted by Gasteiger charge is -2.07. The lowest BCUT2D eigenvalue weighted by molar-refractivity contribution is 1.22. The molecule has 0 radical (unpaired) electrons. The number of diazo groups is 1. The van der Waals surface area contributed by atoms with Crippen LogP contribution in [-0.2, 0) is 0 Å². The number of hydrogen-bond acceptors (Lipinski definition) is 4. The average Bonchev–Trinajstić information content (AvgIpc) is 2.47. The predicted octanol–water partition coefficient (Wildman–Crippen LogP) is 4.62. The summed E-state index contributed by atoms with van der Waals surface area (Å²) in [6.45, 7) is 0. The lowest BCUT2D eigenvalue weighted by Crippen LogP contribution is -1.95. The van der Waals surface area contributed by atoms with E-state index in [1.165, 1.54) is 6.33 Å². The van der Waals surface area contributed by atoms with E-state index in [0.29, 0.717) is 11.5 Å². The van der Waals surface area contributed by atoms with Gasteiger partial charge in [-0.25, -0.2) is 9.97 Å². The Morgan fingerprint density at radius 1 is 1.10 bits per heavy atom. The zero-order valence-electron chi connectivity index (χ0n) is 10.3. The molecule has 0 aliphatic carbocycles. The van der Waals surface area contributed by atoms with Gasteiger partial charge in [0.25, 0.3) is 0 Å². The van der Waals surface area contributed by atoms with Crippen molar-refractivity contribution in [1.82, 2.24) is 9.97 Å². The summed E-state index contributed by atoms with van der Waals surface area (Å²) in [5, 5.41) is 12.9. The first-order valence-corrected chi connectivity index (χ1v) is 6.68. The maximum absolute atomic E-state index is 8.87. The Morgan fingerprint density at radius 2 is 2.00 bits per heavy atom. The molecule has 0 bridgehead atoms. The second-order valence-electron chi connectivity index (χ2n) is 4.16. The quantitative estimate of drug-likeness (QED) is 0.698. The van der Waals surface area contributed by atoms with Crippen LogP contribution in [-0.4, -0.2) is 9.97 Å². The van der Waals surface area contributed by atoms with Crippen LogP contribution in [0.25, 0.3) is 15.9 Å². The molecule has 2 aromatic carbocycles. The van der Waals surface area contributed by atoms with Gasteiger partial charge in [0.15, 0.2) is 4.98 Å². The van der Waals surface area contributed by atoms with Crippen molar-refractivity contribution in [2.75, 3.05) is 5.32 Å². The summed E-state index contributed by atoms with van der Waals surface area (Å²) in [5.41, 5.74) is 2.15. The van der Waals surface area contributed by atoms with Crippen molar-refractivity contribution in [1.29, 1.82) is 5.39 Å². The summed E-state index contributed by atoms with van der Waals surface area (Å²) >= 11 is 3.43. The van der Waals surface area contributed by atoms with Crippen LogP contribution in [0.5, 0.6) is 0 Å². The Hall–Kier alpha value is -2.52. The number of fused-ring (bicyclic) bond motifs is 1. The number of halogens is 1. The van der Waals surface area contributed by atoms with Crippen LogP contribution in [0.2, 0.25) is 0 Å². The molecular formula is C14H9BrN5+. The third-order valence-corrected chi connectivity index (χ3v) is 3.31. The highest BCUT2D eigenvalue weighted by molar-refractivity contribution is 9.10. The number of rotatable bonds is 2. The Bertz CT molecular complexity index is 825. The summed E-state index contributed by atoms with van der Waals surface area (Å²) < 4.78 is 0.979. The third-order valence-electron chi connectivity index (χ3n) is 2.82. The first kappa shape index (κ1) is 12.5. The first-order chi connectivity index (χ1) is 9.76. The second kappa shape index (κ2) is 5.23. The molecule has 3 rings (SSSR count). The van der Waals surface area contributed by atoms with Crippen molar-refractivity contribution in [2.24, 2.45) is 0 Å². The highest BCUT2D eigenvalue weighted by Gasteiger charge is 2.10. The summed E-state index contributed by atoms with van der Waals surface area (Å²) in [6.07, 6.45) is 1.50. The van der Waals surface area contributed by atoms with E-state index >= 15 is 0 Å². The van der Waals surface area contributed by atoms with Gasteiger partial charge >= 0.3 is 5.69 Å². The molecule has 0 unspecified atom stereocenters. The van der Waals surface area contributed by atoms with Gasteiger partial charge in [0.2, 0.25) is 5.39 Å². The van der Waals surface area contributed by atoms with Gasteiger partial charge in [0, 0.05) is 22.3 Å². The van der Waals surface area contributed by atoms with Crippen LogP contribution in [0.1, 0.15) is 0 Å². The molecule has 0 fully saturated rings. The fourth-order valence-corrected chi connectivity index (χ4v) is 2.31. The van der Waals surface area contributed by atoms with Gasteiger partial charge in [0.1, 0.15) is 12.1 Å². The fraction of sp³-hybridized carbons (Fsp3) is 0. The monoisotopic (exact) mass is 326 g/mol. The van der Waals surface area contributed by atoms with Gasteiger partial charge in [-0.3, -0.25) is 0 Å². The van der Waals surface area contributed by atoms with E-state index in [0.717, 1.165) is 21.1 Å². The fourth-order valence-electron chi connectivity index (χ4n) is 1.91. The van der Waals surface area contributed by atoms with Crippen LogP contribution in [0, 0.1) is 5.39 Å². The number of nitrogens with one attached hydrogen (secondary N) is 1. The number of benzene rings is 2. The van der Waals surface area contributed by atoms with E-state index in [2.05, 4.69) is 36.2 Å². The van der Waals surface area contributed by atoms with Crippen LogP contribution in [0.4, 0.5) is 17.2 Å². The van der Waals surface area contributed by atoms with Gasteiger partial charge in [-0.15, -0.1) is 0 Å². The Labute approximate surface area is 123 Å². The minimum Gasteiger partial charge on any atom is -0.340 e. The maximum Gasteiger partial charge on any atom is 0.385 e. The first-order valence-electron chi connectivity index (χ1n) is 5.89. The van der Waals surface area contributed by atoms with Crippen molar-refractivity contribution in [3.05, 3.63) is 58.2 Å². The highest BCUT2D eigenvalue weighted by atomic mass is 79.9. The van der Waals surface area contributed by atoms with Crippen LogP contribution < -0.4 is 5.32 Å². The standard InChI is InChI=1S/C14H9BrN5/c15-9-2-1-3-10(6-9)19-14-12-7-11(20-16)4-5-13(12)17-8-18-14/h1-8H,(H,17,18,19)/q+1. The van der Waals surface area contributed by atoms with E-state index in [-0.39, 0.29) is 0 Å². The lowest BCUT2D eigenvalue weighted by atomic mass is 10.2. The highest BCUT2D eigenvalue weighted by Crippen LogP contribution is 2.27. The van der Waals surface area contributed by atoms with Crippen molar-refractivity contribution in [3.63, 3.8) is 0 Å². The predicted molar refractivity (Wildman–Crippen MR) is 81.7 cm³/mol. The molecule has 5 nitrogen and oxygen atoms in total. The van der Waals surface area contributed by atoms with Gasteiger partial charge in [0.05, 0.1) is 10.9 Å². The van der Waals surface area contributed by atoms with Gasteiger partial charge in [-0.05, 0) is 24.3 Å². The summed E-state index contributed by atoms with van der Waals surface area (Å²) in [6, 6.07) is 13.0. The molecule has 0 atom stereocenters. The van der Waals surface area contributed by atoms with Crippen molar-refractivity contribution in [2.45, 2.75) is 0 Å². The molecule has 1 aromatic heterocycles. The van der Waals surface area contributed by atoms with Gasteiger partial charge in [-0.1, -0.05) is 22.0 Å². The molecule has 1 N–H and O–H groups in total. The summed E-state index contributed by atoms with van der Waals surface area (Å²) in [7, 11) is 0. The molecule has 0 spiro atoms. The van der Waals surface area contributed by atoms with Crippen molar-refractivity contribution < 1.29 is 0 Å². The SMILES string of the molecule is N#[N+]c1ccc2ncnc(Nc3cccc(Br)c3)c2c1. The topological polar surface area (TPSA) is 66.0 Å². The maximum atomic E-state index is 8.87. The van der Waals surface area contributed by atoms with E-state index in [9.17, 15) is 0 Å². The Morgan fingerprint density at radius 3 is 2.80 bits per heavy atom. The Kier molecular flexibility index (Phi) is 3.27. The van der Waals surface area contributed by atoms with E-state index in [4.69, 9.17) is 5.39 Å². The van der Waals surface area contributed by atoms with E-state index < -0.39 is 0 Å². The van der Waals surface area contributed by atoms with Gasteiger partial charge < -0.3 is 5.32 Å². The van der Waals surface area contributed by atoms with Crippen molar-refractivity contribution in [3.8, 4) is 0 Å². The van der Waals surface area contributed by atoms with Gasteiger partial charge in [-0.2, -0.15) is 0 Å². The van der Waals surface area contributed by atoms with Crippen LogP contribution >= 0.6 is 15.9 Å². The molecule has 3 aromatic rings. The molecule has 20 heavy (non-hydrogen) atoms. The van der Waals surface area contributed by atoms with Crippen molar-refractivity contribution >= 4 is 44.0 Å². The average molecular weight is 327 g/mol. The molecule has 1 heterocycles. The van der Waals surface area contributed by atoms with Crippen LogP contribution in [0.3, 0.4) is 0 Å². The van der Waals surface area contributed by atoms with E-state index in [1.807, 2.05) is 24.3 Å². The summed E-state index contributed by atoms with van der Waals surface area (Å²) in [5.74, 6) is 0.665. The molecule has 0 saturated heterocycles. The number of aromatic nitrogens is 2. The second-order valence-corrected chi connectivity index (χ2v) is 5.07. The number of anilines is 2. The molecule has 0 aliphatic rings. The summed E-state index contributed by atoms with van der Waals surface area (Å²) in [4.78, 5) is 11.6. The van der Waals surface area contributed by atoms with Crippen LogP contribution in [0.15, 0.2) is 53.3 Å². The molecule has 6 heteroatoms. The molecular weight excluding hydrogens is 318 g/mol. The minimum atomic E-state index is 0.463. The zero-order valence-corrected chi connectivity index (χ0v) is 11.9. The molecule has 0 amide bonds. The largest absolute Gasteiger partial charge is 0.385 e. The number of hydrogen-bond donors (Lipinski definition) is 1. The Balaban J connectivity index is 2.09.